The van der Waals surface area contributed by atoms with E-state index in [2.05, 4.69) is 22.0 Å². The summed E-state index contributed by atoms with van der Waals surface area (Å²) in [6.45, 7) is 4.02. The fourth-order valence-corrected chi connectivity index (χ4v) is 3.18. The van der Waals surface area contributed by atoms with Crippen molar-refractivity contribution < 1.29 is 4.79 Å². The zero-order valence-corrected chi connectivity index (χ0v) is 14.1. The predicted octanol–water partition coefficient (Wildman–Crippen LogP) is 3.35. The monoisotopic (exact) mass is 349 g/mol. The molecule has 23 heavy (non-hydrogen) atoms. The number of carbonyl (C=O) groups excluding carboxylic acids is 1. The number of aromatic nitrogens is 1. The summed E-state index contributed by atoms with van der Waals surface area (Å²) in [7, 11) is 0. The molecule has 1 aromatic heterocycles. The topological polar surface area (TPSA) is 36.4 Å². The standard InChI is InChI=1S/C17H17Cl2N3O/c18-15-10-14(11-16(19)20-15)17(23)22-8-6-21(7-9-22)12-13-4-2-1-3-5-13/h1-5,10-11H,6-9,12H2. The van der Waals surface area contributed by atoms with Gasteiger partial charge in [0.05, 0.1) is 0 Å². The van der Waals surface area contributed by atoms with Crippen molar-refractivity contribution in [3.63, 3.8) is 0 Å². The molecule has 3 rings (SSSR count). The van der Waals surface area contributed by atoms with E-state index in [1.165, 1.54) is 5.56 Å². The van der Waals surface area contributed by atoms with Gasteiger partial charge in [-0.05, 0) is 17.7 Å². The molecule has 0 atom stereocenters. The first-order valence-electron chi connectivity index (χ1n) is 7.50. The minimum absolute atomic E-state index is 0.0458. The molecule has 6 heteroatoms. The third-order valence-corrected chi connectivity index (χ3v) is 4.31. The molecule has 0 unspecified atom stereocenters. The van der Waals surface area contributed by atoms with E-state index in [1.54, 1.807) is 12.1 Å². The smallest absolute Gasteiger partial charge is 0.254 e. The van der Waals surface area contributed by atoms with Crippen molar-refractivity contribution in [3.8, 4) is 0 Å². The highest BCUT2D eigenvalue weighted by Crippen LogP contribution is 2.17. The van der Waals surface area contributed by atoms with Crippen molar-refractivity contribution in [2.45, 2.75) is 6.54 Å². The third-order valence-electron chi connectivity index (χ3n) is 3.92. The van der Waals surface area contributed by atoms with Gasteiger partial charge in [-0.3, -0.25) is 9.69 Å². The number of amides is 1. The van der Waals surface area contributed by atoms with Crippen LogP contribution in [-0.2, 0) is 6.54 Å². The van der Waals surface area contributed by atoms with E-state index in [4.69, 9.17) is 23.2 Å². The molecule has 1 fully saturated rings. The van der Waals surface area contributed by atoms with Crippen LogP contribution in [0.25, 0.3) is 0 Å². The lowest BCUT2D eigenvalue weighted by Crippen LogP contribution is -2.48. The summed E-state index contributed by atoms with van der Waals surface area (Å²) in [6.07, 6.45) is 0. The lowest BCUT2D eigenvalue weighted by Gasteiger charge is -2.34. The van der Waals surface area contributed by atoms with Crippen molar-refractivity contribution in [1.82, 2.24) is 14.8 Å². The molecule has 120 valence electrons. The first kappa shape index (κ1) is 16.2. The van der Waals surface area contributed by atoms with Gasteiger partial charge in [0, 0.05) is 38.3 Å². The normalized spacial score (nSPS) is 15.7. The van der Waals surface area contributed by atoms with Gasteiger partial charge < -0.3 is 4.90 Å². The highest BCUT2D eigenvalue weighted by atomic mass is 35.5. The van der Waals surface area contributed by atoms with Crippen LogP contribution in [0.1, 0.15) is 15.9 Å². The lowest BCUT2D eigenvalue weighted by molar-refractivity contribution is 0.0628. The van der Waals surface area contributed by atoms with E-state index >= 15 is 0 Å². The fraction of sp³-hybridized carbons (Fsp3) is 0.294. The number of carbonyl (C=O) groups is 1. The van der Waals surface area contributed by atoms with E-state index in [-0.39, 0.29) is 16.2 Å². The van der Waals surface area contributed by atoms with Crippen molar-refractivity contribution in [3.05, 3.63) is 63.9 Å². The van der Waals surface area contributed by atoms with Gasteiger partial charge in [-0.25, -0.2) is 4.98 Å². The van der Waals surface area contributed by atoms with Crippen molar-refractivity contribution in [2.75, 3.05) is 26.2 Å². The molecule has 2 aromatic rings. The second-order valence-corrected chi connectivity index (χ2v) is 6.33. The van der Waals surface area contributed by atoms with Crippen molar-refractivity contribution in [1.29, 1.82) is 0 Å². The number of benzene rings is 1. The summed E-state index contributed by atoms with van der Waals surface area (Å²) >= 11 is 11.7. The average molecular weight is 350 g/mol. The Morgan fingerprint density at radius 3 is 2.22 bits per heavy atom. The molecule has 0 radical (unpaired) electrons. The Morgan fingerprint density at radius 2 is 1.61 bits per heavy atom. The van der Waals surface area contributed by atoms with Gasteiger partial charge in [-0.2, -0.15) is 0 Å². The molecule has 1 aromatic carbocycles. The quantitative estimate of drug-likeness (QED) is 0.797. The van der Waals surface area contributed by atoms with Gasteiger partial charge in [0.15, 0.2) is 0 Å². The second-order valence-electron chi connectivity index (χ2n) is 5.56. The maximum absolute atomic E-state index is 12.5. The number of nitrogens with zero attached hydrogens (tertiary/aromatic N) is 3. The lowest BCUT2D eigenvalue weighted by atomic mass is 10.2. The Bertz CT molecular complexity index is 665. The molecule has 0 aliphatic carbocycles. The molecule has 1 amide bonds. The zero-order chi connectivity index (χ0) is 16.2. The average Bonchev–Trinajstić information content (AvgIpc) is 2.55. The van der Waals surface area contributed by atoms with E-state index in [1.807, 2.05) is 23.1 Å². The molecule has 1 saturated heterocycles. The van der Waals surface area contributed by atoms with Gasteiger partial charge in [-0.1, -0.05) is 53.5 Å². The summed E-state index contributed by atoms with van der Waals surface area (Å²) in [5, 5.41) is 0.479. The maximum atomic E-state index is 12.5. The number of rotatable bonds is 3. The van der Waals surface area contributed by atoms with Crippen molar-refractivity contribution >= 4 is 29.1 Å². The number of pyridine rings is 1. The Morgan fingerprint density at radius 1 is 1.00 bits per heavy atom. The molecule has 2 heterocycles. The summed E-state index contributed by atoms with van der Waals surface area (Å²) < 4.78 is 0. The van der Waals surface area contributed by atoms with Gasteiger partial charge in [0.25, 0.3) is 5.91 Å². The van der Waals surface area contributed by atoms with Crippen LogP contribution in [0.4, 0.5) is 0 Å². The molecule has 1 aliphatic heterocycles. The van der Waals surface area contributed by atoms with E-state index < -0.39 is 0 Å². The molecule has 0 saturated carbocycles. The van der Waals surface area contributed by atoms with Crippen LogP contribution in [-0.4, -0.2) is 46.9 Å². The van der Waals surface area contributed by atoms with Crippen LogP contribution >= 0.6 is 23.2 Å². The Labute approximate surface area is 145 Å². The molecule has 0 bridgehead atoms. The SMILES string of the molecule is O=C(c1cc(Cl)nc(Cl)c1)N1CCN(Cc2ccccc2)CC1. The first-order valence-corrected chi connectivity index (χ1v) is 8.26. The number of piperazine rings is 1. The molecule has 1 aliphatic rings. The Kier molecular flexibility index (Phi) is 5.16. The Hall–Kier alpha value is -1.62. The second kappa shape index (κ2) is 7.30. The first-order chi connectivity index (χ1) is 11.1. The molecule has 0 spiro atoms. The summed E-state index contributed by atoms with van der Waals surface area (Å²) in [6, 6.07) is 13.5. The molecular formula is C17H17Cl2N3O. The van der Waals surface area contributed by atoms with Gasteiger partial charge in [-0.15, -0.1) is 0 Å². The van der Waals surface area contributed by atoms with Gasteiger partial charge in [0.1, 0.15) is 10.3 Å². The van der Waals surface area contributed by atoms with Crippen LogP contribution in [0.5, 0.6) is 0 Å². The van der Waals surface area contributed by atoms with E-state index in [9.17, 15) is 4.79 Å². The number of halogens is 2. The number of hydrogen-bond donors (Lipinski definition) is 0. The fourth-order valence-electron chi connectivity index (χ4n) is 2.72. The molecule has 0 N–H and O–H groups in total. The van der Waals surface area contributed by atoms with E-state index in [0.29, 0.717) is 18.7 Å². The summed E-state index contributed by atoms with van der Waals surface area (Å²) in [4.78, 5) is 20.6. The summed E-state index contributed by atoms with van der Waals surface area (Å²) in [5.74, 6) is -0.0458. The highest BCUT2D eigenvalue weighted by Gasteiger charge is 2.22. The highest BCUT2D eigenvalue weighted by molar-refractivity contribution is 6.33. The van der Waals surface area contributed by atoms with Gasteiger partial charge in [0.2, 0.25) is 0 Å². The van der Waals surface area contributed by atoms with Crippen LogP contribution in [0, 0.1) is 0 Å². The predicted molar refractivity (Wildman–Crippen MR) is 91.9 cm³/mol. The summed E-state index contributed by atoms with van der Waals surface area (Å²) in [5.41, 5.74) is 1.78. The van der Waals surface area contributed by atoms with Crippen LogP contribution in [0.3, 0.4) is 0 Å². The van der Waals surface area contributed by atoms with E-state index in [0.717, 1.165) is 19.6 Å². The maximum Gasteiger partial charge on any atom is 0.254 e. The minimum Gasteiger partial charge on any atom is -0.336 e. The van der Waals surface area contributed by atoms with Crippen LogP contribution in [0.15, 0.2) is 42.5 Å². The van der Waals surface area contributed by atoms with Crippen LogP contribution in [0.2, 0.25) is 10.3 Å². The van der Waals surface area contributed by atoms with Crippen LogP contribution < -0.4 is 0 Å². The molecular weight excluding hydrogens is 333 g/mol. The molecule has 4 nitrogen and oxygen atoms in total. The zero-order valence-electron chi connectivity index (χ0n) is 12.6. The largest absolute Gasteiger partial charge is 0.336 e. The number of hydrogen-bond acceptors (Lipinski definition) is 3. The third kappa shape index (κ3) is 4.22. The minimum atomic E-state index is -0.0458. The Balaban J connectivity index is 1.59. The van der Waals surface area contributed by atoms with Crippen molar-refractivity contribution in [2.24, 2.45) is 0 Å². The van der Waals surface area contributed by atoms with Gasteiger partial charge >= 0.3 is 0 Å².